The van der Waals surface area contributed by atoms with Crippen LogP contribution in [0.1, 0.15) is 33.1 Å². The number of methoxy groups -OCH3 is 1. The molecular formula is C9H21NO. The molecule has 0 heterocycles. The summed E-state index contributed by atoms with van der Waals surface area (Å²) < 4.78 is 4.97. The van der Waals surface area contributed by atoms with E-state index in [1.807, 2.05) is 0 Å². The largest absolute Gasteiger partial charge is 0.385 e. The Balaban J connectivity index is 3.51. The molecule has 2 heteroatoms. The Morgan fingerprint density at radius 2 is 1.82 bits per heavy atom. The van der Waals surface area contributed by atoms with Crippen LogP contribution in [-0.2, 0) is 4.74 Å². The van der Waals surface area contributed by atoms with E-state index in [4.69, 9.17) is 10.5 Å². The molecule has 0 saturated carbocycles. The highest BCUT2D eigenvalue weighted by atomic mass is 16.5. The predicted molar refractivity (Wildman–Crippen MR) is 48.5 cm³/mol. The van der Waals surface area contributed by atoms with Gasteiger partial charge in [-0.3, -0.25) is 0 Å². The number of rotatable bonds is 6. The third-order valence-electron chi connectivity index (χ3n) is 2.31. The Hall–Kier alpha value is -0.0800. The lowest BCUT2D eigenvalue weighted by Gasteiger charge is -2.20. The molecule has 0 aliphatic carbocycles. The summed E-state index contributed by atoms with van der Waals surface area (Å²) in [5, 5.41) is 0. The van der Waals surface area contributed by atoms with Crippen molar-refractivity contribution in [1.82, 2.24) is 0 Å². The third kappa shape index (κ3) is 4.38. The van der Waals surface area contributed by atoms with Crippen LogP contribution in [0.15, 0.2) is 0 Å². The molecule has 0 amide bonds. The van der Waals surface area contributed by atoms with Gasteiger partial charge in [0.05, 0.1) is 0 Å². The molecule has 0 aliphatic rings. The second-order valence-corrected chi connectivity index (χ2v) is 3.02. The van der Waals surface area contributed by atoms with Gasteiger partial charge in [0.25, 0.3) is 0 Å². The van der Waals surface area contributed by atoms with Crippen LogP contribution >= 0.6 is 0 Å². The Morgan fingerprint density at radius 3 is 2.18 bits per heavy atom. The first-order valence-corrected chi connectivity index (χ1v) is 4.50. The van der Waals surface area contributed by atoms with Gasteiger partial charge in [-0.25, -0.2) is 0 Å². The molecule has 0 fully saturated rings. The summed E-state index contributed by atoms with van der Waals surface area (Å²) in [5.41, 5.74) is 5.95. The second-order valence-electron chi connectivity index (χ2n) is 3.02. The molecule has 0 rings (SSSR count). The van der Waals surface area contributed by atoms with Crippen molar-refractivity contribution in [2.24, 2.45) is 11.7 Å². The van der Waals surface area contributed by atoms with E-state index in [-0.39, 0.29) is 0 Å². The van der Waals surface area contributed by atoms with Gasteiger partial charge in [0.15, 0.2) is 0 Å². The van der Waals surface area contributed by atoms with Gasteiger partial charge in [0, 0.05) is 19.8 Å². The minimum absolute atomic E-state index is 0.324. The monoisotopic (exact) mass is 159 g/mol. The molecule has 11 heavy (non-hydrogen) atoms. The second kappa shape index (κ2) is 6.62. The predicted octanol–water partition coefficient (Wildman–Crippen LogP) is 1.79. The summed E-state index contributed by atoms with van der Waals surface area (Å²) >= 11 is 0. The summed E-state index contributed by atoms with van der Waals surface area (Å²) in [6.45, 7) is 5.18. The van der Waals surface area contributed by atoms with Crippen molar-refractivity contribution >= 4 is 0 Å². The van der Waals surface area contributed by atoms with Crippen molar-refractivity contribution < 1.29 is 4.74 Å². The molecule has 0 bridgehead atoms. The highest BCUT2D eigenvalue weighted by Crippen LogP contribution is 2.13. The SMILES string of the molecule is CCC(CC)C(N)CCOC. The highest BCUT2D eigenvalue weighted by Gasteiger charge is 2.12. The van der Waals surface area contributed by atoms with Gasteiger partial charge in [-0.1, -0.05) is 26.7 Å². The maximum atomic E-state index is 5.95. The fraction of sp³-hybridized carbons (Fsp3) is 1.00. The molecule has 68 valence electrons. The zero-order chi connectivity index (χ0) is 8.69. The van der Waals surface area contributed by atoms with E-state index in [9.17, 15) is 0 Å². The fourth-order valence-electron chi connectivity index (χ4n) is 1.38. The summed E-state index contributed by atoms with van der Waals surface area (Å²) in [5.74, 6) is 0.671. The van der Waals surface area contributed by atoms with Crippen LogP contribution < -0.4 is 5.73 Å². The summed E-state index contributed by atoms with van der Waals surface area (Å²) in [6, 6.07) is 0.324. The summed E-state index contributed by atoms with van der Waals surface area (Å²) in [4.78, 5) is 0. The van der Waals surface area contributed by atoms with Crippen molar-refractivity contribution in [3.63, 3.8) is 0 Å². The molecule has 0 aromatic heterocycles. The van der Waals surface area contributed by atoms with E-state index in [1.165, 1.54) is 12.8 Å². The van der Waals surface area contributed by atoms with Crippen molar-refractivity contribution in [2.75, 3.05) is 13.7 Å². The summed E-state index contributed by atoms with van der Waals surface area (Å²) in [7, 11) is 1.72. The van der Waals surface area contributed by atoms with Gasteiger partial charge in [-0.15, -0.1) is 0 Å². The standard InChI is InChI=1S/C9H21NO/c1-4-8(5-2)9(10)6-7-11-3/h8-9H,4-7,10H2,1-3H3. The van der Waals surface area contributed by atoms with Crippen molar-refractivity contribution in [1.29, 1.82) is 0 Å². The molecule has 0 saturated heterocycles. The first-order chi connectivity index (χ1) is 5.26. The van der Waals surface area contributed by atoms with E-state index < -0.39 is 0 Å². The van der Waals surface area contributed by atoms with E-state index in [2.05, 4.69) is 13.8 Å². The molecule has 0 aromatic carbocycles. The topological polar surface area (TPSA) is 35.2 Å². The zero-order valence-electron chi connectivity index (χ0n) is 7.97. The van der Waals surface area contributed by atoms with Crippen LogP contribution in [0.2, 0.25) is 0 Å². The van der Waals surface area contributed by atoms with Crippen LogP contribution in [0.5, 0.6) is 0 Å². The summed E-state index contributed by atoms with van der Waals surface area (Å²) in [6.07, 6.45) is 3.35. The van der Waals surface area contributed by atoms with Gasteiger partial charge < -0.3 is 10.5 Å². The fourth-order valence-corrected chi connectivity index (χ4v) is 1.38. The highest BCUT2D eigenvalue weighted by molar-refractivity contribution is 4.69. The first-order valence-electron chi connectivity index (χ1n) is 4.50. The maximum absolute atomic E-state index is 5.95. The Kier molecular flexibility index (Phi) is 6.57. The van der Waals surface area contributed by atoms with Gasteiger partial charge in [0.1, 0.15) is 0 Å². The molecule has 1 unspecified atom stereocenters. The minimum atomic E-state index is 0.324. The van der Waals surface area contributed by atoms with E-state index >= 15 is 0 Å². The molecule has 2 nitrogen and oxygen atoms in total. The number of nitrogens with two attached hydrogens (primary N) is 1. The molecule has 0 radical (unpaired) electrons. The van der Waals surface area contributed by atoms with Gasteiger partial charge in [-0.2, -0.15) is 0 Å². The van der Waals surface area contributed by atoms with Crippen LogP contribution in [0.25, 0.3) is 0 Å². The van der Waals surface area contributed by atoms with Gasteiger partial charge >= 0.3 is 0 Å². The van der Waals surface area contributed by atoms with Crippen LogP contribution in [0, 0.1) is 5.92 Å². The van der Waals surface area contributed by atoms with Crippen molar-refractivity contribution in [3.05, 3.63) is 0 Å². The average Bonchev–Trinajstić information content (AvgIpc) is 2.03. The van der Waals surface area contributed by atoms with E-state index in [1.54, 1.807) is 7.11 Å². The lowest BCUT2D eigenvalue weighted by molar-refractivity contribution is 0.177. The van der Waals surface area contributed by atoms with E-state index in [0.29, 0.717) is 12.0 Å². The lowest BCUT2D eigenvalue weighted by atomic mass is 9.93. The molecule has 1 atom stereocenters. The molecular weight excluding hydrogens is 138 g/mol. The molecule has 0 spiro atoms. The number of hydrogen-bond donors (Lipinski definition) is 1. The van der Waals surface area contributed by atoms with Crippen molar-refractivity contribution in [3.8, 4) is 0 Å². The first kappa shape index (κ1) is 10.9. The van der Waals surface area contributed by atoms with Crippen LogP contribution in [-0.4, -0.2) is 19.8 Å². The minimum Gasteiger partial charge on any atom is -0.385 e. The normalized spacial score (nSPS) is 13.9. The van der Waals surface area contributed by atoms with Crippen LogP contribution in [0.3, 0.4) is 0 Å². The van der Waals surface area contributed by atoms with Crippen molar-refractivity contribution in [2.45, 2.75) is 39.2 Å². The number of ether oxygens (including phenoxy) is 1. The third-order valence-corrected chi connectivity index (χ3v) is 2.31. The van der Waals surface area contributed by atoms with E-state index in [0.717, 1.165) is 13.0 Å². The van der Waals surface area contributed by atoms with Gasteiger partial charge in [0.2, 0.25) is 0 Å². The lowest BCUT2D eigenvalue weighted by Crippen LogP contribution is -2.30. The Labute approximate surface area is 70.1 Å². The quantitative estimate of drug-likeness (QED) is 0.641. The Bertz CT molecular complexity index is 81.6. The number of hydrogen-bond acceptors (Lipinski definition) is 2. The zero-order valence-corrected chi connectivity index (χ0v) is 7.97. The molecule has 2 N–H and O–H groups in total. The van der Waals surface area contributed by atoms with Crippen LogP contribution in [0.4, 0.5) is 0 Å². The Morgan fingerprint density at radius 1 is 1.27 bits per heavy atom. The molecule has 0 aromatic rings. The smallest absolute Gasteiger partial charge is 0.0477 e. The van der Waals surface area contributed by atoms with Gasteiger partial charge in [-0.05, 0) is 12.3 Å². The average molecular weight is 159 g/mol. The maximum Gasteiger partial charge on any atom is 0.0477 e. The molecule has 0 aliphatic heterocycles.